The van der Waals surface area contributed by atoms with Crippen molar-refractivity contribution in [2.75, 3.05) is 27.1 Å². The maximum Gasteiger partial charge on any atom is 0.312 e. The third-order valence-electron chi connectivity index (χ3n) is 1.85. The minimum Gasteiger partial charge on any atom is -0.469 e. The Morgan fingerprint density at radius 3 is 3.00 bits per heavy atom. The summed E-state index contributed by atoms with van der Waals surface area (Å²) >= 11 is 0. The highest BCUT2D eigenvalue weighted by molar-refractivity contribution is 5.73. The van der Waals surface area contributed by atoms with Gasteiger partial charge in [0.05, 0.1) is 25.7 Å². The van der Waals surface area contributed by atoms with Gasteiger partial charge in [-0.2, -0.15) is 0 Å². The first-order valence-corrected chi connectivity index (χ1v) is 3.76. The zero-order chi connectivity index (χ0) is 8.97. The van der Waals surface area contributed by atoms with E-state index in [0.717, 1.165) is 0 Å². The van der Waals surface area contributed by atoms with Crippen LogP contribution < -0.4 is 5.73 Å². The van der Waals surface area contributed by atoms with Crippen LogP contribution >= 0.6 is 0 Å². The van der Waals surface area contributed by atoms with E-state index >= 15 is 0 Å². The summed E-state index contributed by atoms with van der Waals surface area (Å²) in [5.41, 5.74) is 5.39. The van der Waals surface area contributed by atoms with Crippen molar-refractivity contribution < 1.29 is 19.0 Å². The summed E-state index contributed by atoms with van der Waals surface area (Å²) in [5, 5.41) is 0. The quantitative estimate of drug-likeness (QED) is 0.563. The SMILES string of the molecule is COC(=O)[C@@H](CN)[C@H]1COCO1. The largest absolute Gasteiger partial charge is 0.469 e. The molecule has 5 heteroatoms. The minimum atomic E-state index is -0.405. The Labute approximate surface area is 70.8 Å². The summed E-state index contributed by atoms with van der Waals surface area (Å²) in [6.07, 6.45) is -0.248. The van der Waals surface area contributed by atoms with E-state index < -0.39 is 5.92 Å². The van der Waals surface area contributed by atoms with Crippen molar-refractivity contribution in [3.63, 3.8) is 0 Å². The first-order chi connectivity index (χ1) is 5.79. The van der Waals surface area contributed by atoms with Gasteiger partial charge >= 0.3 is 5.97 Å². The lowest BCUT2D eigenvalue weighted by Crippen LogP contribution is -2.36. The van der Waals surface area contributed by atoms with E-state index in [9.17, 15) is 4.79 Å². The Balaban J connectivity index is 2.48. The molecule has 5 nitrogen and oxygen atoms in total. The summed E-state index contributed by atoms with van der Waals surface area (Å²) in [4.78, 5) is 11.1. The second-order valence-corrected chi connectivity index (χ2v) is 2.56. The number of esters is 1. The fourth-order valence-electron chi connectivity index (χ4n) is 1.13. The number of nitrogens with two attached hydrogens (primary N) is 1. The molecule has 0 aromatic rings. The zero-order valence-corrected chi connectivity index (χ0v) is 6.99. The highest BCUT2D eigenvalue weighted by Crippen LogP contribution is 2.14. The number of ether oxygens (including phenoxy) is 3. The maximum absolute atomic E-state index is 11.1. The van der Waals surface area contributed by atoms with Crippen molar-refractivity contribution in [1.29, 1.82) is 0 Å². The first-order valence-electron chi connectivity index (χ1n) is 3.76. The molecule has 1 saturated heterocycles. The summed E-state index contributed by atoms with van der Waals surface area (Å²) in [5.74, 6) is -0.745. The predicted octanol–water partition coefficient (Wildman–Crippen LogP) is -0.893. The van der Waals surface area contributed by atoms with Gasteiger partial charge < -0.3 is 19.9 Å². The van der Waals surface area contributed by atoms with Crippen LogP contribution in [0.2, 0.25) is 0 Å². The van der Waals surface area contributed by atoms with E-state index in [4.69, 9.17) is 15.2 Å². The van der Waals surface area contributed by atoms with Gasteiger partial charge in [0.25, 0.3) is 0 Å². The van der Waals surface area contributed by atoms with Gasteiger partial charge in [-0.05, 0) is 0 Å². The third kappa shape index (κ3) is 1.94. The van der Waals surface area contributed by atoms with Gasteiger partial charge in [-0.3, -0.25) is 4.79 Å². The van der Waals surface area contributed by atoms with Crippen LogP contribution in [0.5, 0.6) is 0 Å². The van der Waals surface area contributed by atoms with Crippen molar-refractivity contribution in [3.8, 4) is 0 Å². The molecule has 0 aliphatic carbocycles. The molecule has 1 aliphatic rings. The Kier molecular flexibility index (Phi) is 3.46. The molecule has 12 heavy (non-hydrogen) atoms. The molecule has 0 amide bonds. The number of carbonyl (C=O) groups excluding carboxylic acids is 1. The van der Waals surface area contributed by atoms with Crippen molar-refractivity contribution in [2.45, 2.75) is 6.10 Å². The van der Waals surface area contributed by atoms with Crippen LogP contribution in [0.3, 0.4) is 0 Å². The molecule has 2 N–H and O–H groups in total. The minimum absolute atomic E-state index is 0.223. The molecular formula is C7H13NO4. The second-order valence-electron chi connectivity index (χ2n) is 2.56. The Bertz CT molecular complexity index is 155. The van der Waals surface area contributed by atoms with Crippen LogP contribution in [-0.4, -0.2) is 39.1 Å². The zero-order valence-electron chi connectivity index (χ0n) is 6.99. The van der Waals surface area contributed by atoms with Crippen LogP contribution in [-0.2, 0) is 19.0 Å². The van der Waals surface area contributed by atoms with E-state index in [1.54, 1.807) is 0 Å². The maximum atomic E-state index is 11.1. The summed E-state index contributed by atoms with van der Waals surface area (Å²) in [7, 11) is 1.33. The number of hydrogen-bond donors (Lipinski definition) is 1. The molecular weight excluding hydrogens is 162 g/mol. The topological polar surface area (TPSA) is 70.8 Å². The van der Waals surface area contributed by atoms with Crippen LogP contribution in [0.4, 0.5) is 0 Å². The molecule has 0 aromatic heterocycles. The number of rotatable bonds is 3. The molecule has 0 aromatic carbocycles. The van der Waals surface area contributed by atoms with E-state index in [0.29, 0.717) is 6.61 Å². The van der Waals surface area contributed by atoms with Gasteiger partial charge in [-0.1, -0.05) is 0 Å². The van der Waals surface area contributed by atoms with Crippen LogP contribution in [0, 0.1) is 5.92 Å². The standard InChI is InChI=1S/C7H13NO4/c1-10-7(9)5(2-8)6-3-11-4-12-6/h5-6H,2-4,8H2,1H3/t5-,6+/m0/s1. The molecule has 1 fully saturated rings. The summed E-state index contributed by atoms with van der Waals surface area (Å²) in [6, 6.07) is 0. The van der Waals surface area contributed by atoms with Gasteiger partial charge in [-0.25, -0.2) is 0 Å². The number of methoxy groups -OCH3 is 1. The second kappa shape index (κ2) is 4.39. The lowest BCUT2D eigenvalue weighted by Gasteiger charge is -2.16. The fourth-order valence-corrected chi connectivity index (χ4v) is 1.13. The Morgan fingerprint density at radius 2 is 2.58 bits per heavy atom. The van der Waals surface area contributed by atoms with E-state index in [1.807, 2.05) is 0 Å². The lowest BCUT2D eigenvalue weighted by atomic mass is 10.0. The molecule has 0 radical (unpaired) electrons. The average molecular weight is 175 g/mol. The van der Waals surface area contributed by atoms with E-state index in [1.165, 1.54) is 7.11 Å². The van der Waals surface area contributed by atoms with Gasteiger partial charge in [0.1, 0.15) is 6.79 Å². The molecule has 2 atom stereocenters. The van der Waals surface area contributed by atoms with Crippen molar-refractivity contribution >= 4 is 5.97 Å². The lowest BCUT2D eigenvalue weighted by molar-refractivity contribution is -0.149. The van der Waals surface area contributed by atoms with Crippen LogP contribution in [0.25, 0.3) is 0 Å². The predicted molar refractivity (Wildman–Crippen MR) is 40.3 cm³/mol. The molecule has 0 spiro atoms. The summed E-state index contributed by atoms with van der Waals surface area (Å²) in [6.45, 7) is 0.871. The van der Waals surface area contributed by atoms with Crippen molar-refractivity contribution in [3.05, 3.63) is 0 Å². The first kappa shape index (κ1) is 9.44. The molecule has 1 heterocycles. The fraction of sp³-hybridized carbons (Fsp3) is 0.857. The molecule has 0 bridgehead atoms. The molecule has 0 saturated carbocycles. The number of carbonyl (C=O) groups is 1. The molecule has 70 valence electrons. The smallest absolute Gasteiger partial charge is 0.312 e. The number of hydrogen-bond acceptors (Lipinski definition) is 5. The van der Waals surface area contributed by atoms with Crippen LogP contribution in [0.15, 0.2) is 0 Å². The third-order valence-corrected chi connectivity index (χ3v) is 1.85. The van der Waals surface area contributed by atoms with Gasteiger partial charge in [0, 0.05) is 6.54 Å². The molecule has 1 rings (SSSR count). The van der Waals surface area contributed by atoms with E-state index in [-0.39, 0.29) is 25.4 Å². The molecule has 0 unspecified atom stereocenters. The Morgan fingerprint density at radius 1 is 1.83 bits per heavy atom. The van der Waals surface area contributed by atoms with Crippen LogP contribution in [0.1, 0.15) is 0 Å². The van der Waals surface area contributed by atoms with Crippen molar-refractivity contribution in [1.82, 2.24) is 0 Å². The summed E-state index contributed by atoms with van der Waals surface area (Å²) < 4.78 is 14.6. The highest BCUT2D eigenvalue weighted by Gasteiger charge is 2.31. The van der Waals surface area contributed by atoms with Gasteiger partial charge in [-0.15, -0.1) is 0 Å². The van der Waals surface area contributed by atoms with Crippen molar-refractivity contribution in [2.24, 2.45) is 11.7 Å². The van der Waals surface area contributed by atoms with E-state index in [2.05, 4.69) is 4.74 Å². The molecule has 1 aliphatic heterocycles. The normalized spacial score (nSPS) is 25.3. The average Bonchev–Trinajstić information content (AvgIpc) is 2.58. The monoisotopic (exact) mass is 175 g/mol. The van der Waals surface area contributed by atoms with Gasteiger partial charge in [0.15, 0.2) is 0 Å². The highest BCUT2D eigenvalue weighted by atomic mass is 16.7. The van der Waals surface area contributed by atoms with Gasteiger partial charge in [0.2, 0.25) is 0 Å². The Hall–Kier alpha value is -0.650.